The Hall–Kier alpha value is -1.81. The summed E-state index contributed by atoms with van der Waals surface area (Å²) in [6, 6.07) is 18.4. The summed E-state index contributed by atoms with van der Waals surface area (Å²) in [5, 5.41) is 1.88. The smallest absolute Gasteiger partial charge is 0.134 e. The van der Waals surface area contributed by atoms with Crippen molar-refractivity contribution in [3.05, 3.63) is 70.9 Å². The lowest BCUT2D eigenvalue weighted by Gasteiger charge is -2.28. The number of halogens is 1. The molecule has 126 valence electrons. The zero-order chi connectivity index (χ0) is 17.1. The molecule has 0 aliphatic carbocycles. The van der Waals surface area contributed by atoms with E-state index in [1.165, 1.54) is 5.56 Å². The molecule has 0 spiro atoms. The first-order valence-corrected chi connectivity index (χ1v) is 8.51. The van der Waals surface area contributed by atoms with Crippen LogP contribution in [-0.2, 0) is 0 Å². The molecule has 3 nitrogen and oxygen atoms in total. The number of benzene rings is 2. The summed E-state index contributed by atoms with van der Waals surface area (Å²) in [4.78, 5) is 4.51. The maximum Gasteiger partial charge on any atom is 0.134 e. The van der Waals surface area contributed by atoms with Crippen LogP contribution in [0.4, 0.5) is 0 Å². The molecule has 3 aromatic rings. The van der Waals surface area contributed by atoms with E-state index in [2.05, 4.69) is 55.2 Å². The third-order valence-electron chi connectivity index (χ3n) is 4.24. The summed E-state index contributed by atoms with van der Waals surface area (Å²) in [5.41, 5.74) is 2.10. The topological polar surface area (TPSA) is 19.6 Å². The molecule has 0 saturated heterocycles. The molecule has 1 heterocycles. The minimum absolute atomic E-state index is 0.0645. The molecule has 0 radical (unpaired) electrons. The SMILES string of the molecule is CN(C)CCN(C)C(c1ccc(Cl)cc1)c1cc2ccccc2o1. The molecule has 0 fully saturated rings. The molecule has 0 aliphatic heterocycles. The van der Waals surface area contributed by atoms with Gasteiger partial charge in [0.1, 0.15) is 11.3 Å². The summed E-state index contributed by atoms with van der Waals surface area (Å²) in [5.74, 6) is 0.958. The quantitative estimate of drug-likeness (QED) is 0.649. The van der Waals surface area contributed by atoms with Crippen molar-refractivity contribution in [1.82, 2.24) is 9.80 Å². The molecule has 0 aliphatic rings. The first kappa shape index (κ1) is 17.0. The second-order valence-corrected chi connectivity index (χ2v) is 6.86. The minimum atomic E-state index is 0.0645. The predicted octanol–water partition coefficient (Wildman–Crippen LogP) is 4.67. The highest BCUT2D eigenvalue weighted by Crippen LogP contribution is 2.32. The fourth-order valence-corrected chi connectivity index (χ4v) is 3.03. The molecule has 0 N–H and O–H groups in total. The van der Waals surface area contributed by atoms with Gasteiger partial charge in [0, 0.05) is 23.5 Å². The van der Waals surface area contributed by atoms with Gasteiger partial charge in [-0.3, -0.25) is 4.90 Å². The molecule has 0 saturated carbocycles. The Balaban J connectivity index is 1.98. The van der Waals surface area contributed by atoms with Crippen molar-refractivity contribution in [3.8, 4) is 0 Å². The number of para-hydroxylation sites is 1. The van der Waals surface area contributed by atoms with Crippen LogP contribution in [0.3, 0.4) is 0 Å². The van der Waals surface area contributed by atoms with Crippen LogP contribution in [0.1, 0.15) is 17.4 Å². The normalized spacial score (nSPS) is 13.1. The fourth-order valence-electron chi connectivity index (χ4n) is 2.91. The predicted molar refractivity (Wildman–Crippen MR) is 101 cm³/mol. The number of fused-ring (bicyclic) bond motifs is 1. The molecule has 4 heteroatoms. The summed E-state index contributed by atoms with van der Waals surface area (Å²) >= 11 is 6.07. The fraction of sp³-hybridized carbons (Fsp3) is 0.300. The molecule has 2 aromatic carbocycles. The molecule has 0 amide bonds. The van der Waals surface area contributed by atoms with Gasteiger partial charge in [-0.15, -0.1) is 0 Å². The monoisotopic (exact) mass is 342 g/mol. The molecule has 1 aromatic heterocycles. The number of furan rings is 1. The van der Waals surface area contributed by atoms with Crippen molar-refractivity contribution in [2.45, 2.75) is 6.04 Å². The molecule has 1 unspecified atom stereocenters. The van der Waals surface area contributed by atoms with E-state index in [-0.39, 0.29) is 6.04 Å². The van der Waals surface area contributed by atoms with E-state index in [4.69, 9.17) is 16.0 Å². The van der Waals surface area contributed by atoms with Gasteiger partial charge in [0.2, 0.25) is 0 Å². The van der Waals surface area contributed by atoms with Crippen LogP contribution in [0.25, 0.3) is 11.0 Å². The van der Waals surface area contributed by atoms with Crippen molar-refractivity contribution < 1.29 is 4.42 Å². The molecule has 24 heavy (non-hydrogen) atoms. The Bertz CT molecular complexity index is 762. The van der Waals surface area contributed by atoms with Gasteiger partial charge < -0.3 is 9.32 Å². The van der Waals surface area contributed by atoms with Crippen molar-refractivity contribution in [1.29, 1.82) is 0 Å². The molecular formula is C20H23ClN2O. The lowest BCUT2D eigenvalue weighted by Crippen LogP contribution is -2.32. The van der Waals surface area contributed by atoms with Gasteiger partial charge in [0.05, 0.1) is 6.04 Å². The van der Waals surface area contributed by atoms with Crippen LogP contribution < -0.4 is 0 Å². The summed E-state index contributed by atoms with van der Waals surface area (Å²) in [7, 11) is 6.31. The summed E-state index contributed by atoms with van der Waals surface area (Å²) in [6.07, 6.45) is 0. The summed E-state index contributed by atoms with van der Waals surface area (Å²) in [6.45, 7) is 1.93. The Morgan fingerprint density at radius 2 is 1.67 bits per heavy atom. The standard InChI is InChI=1S/C20H23ClN2O/c1-22(2)12-13-23(3)20(15-8-10-17(21)11-9-15)19-14-16-6-4-5-7-18(16)24-19/h4-11,14,20H,12-13H2,1-3H3. The van der Waals surface area contributed by atoms with E-state index in [1.807, 2.05) is 30.3 Å². The highest BCUT2D eigenvalue weighted by molar-refractivity contribution is 6.30. The second-order valence-electron chi connectivity index (χ2n) is 6.42. The van der Waals surface area contributed by atoms with Crippen LogP contribution in [0.2, 0.25) is 5.02 Å². The van der Waals surface area contributed by atoms with E-state index in [1.54, 1.807) is 0 Å². The Kier molecular flexibility index (Phi) is 5.24. The van der Waals surface area contributed by atoms with Gasteiger partial charge in [-0.25, -0.2) is 0 Å². The molecule has 0 bridgehead atoms. The third kappa shape index (κ3) is 3.81. The maximum absolute atomic E-state index is 6.15. The zero-order valence-electron chi connectivity index (χ0n) is 14.4. The summed E-state index contributed by atoms with van der Waals surface area (Å²) < 4.78 is 6.15. The average molecular weight is 343 g/mol. The van der Waals surface area contributed by atoms with Crippen molar-refractivity contribution in [2.24, 2.45) is 0 Å². The van der Waals surface area contributed by atoms with Gasteiger partial charge in [-0.1, -0.05) is 41.9 Å². The van der Waals surface area contributed by atoms with Crippen LogP contribution in [0.5, 0.6) is 0 Å². The van der Waals surface area contributed by atoms with Crippen LogP contribution in [-0.4, -0.2) is 44.0 Å². The van der Waals surface area contributed by atoms with E-state index in [0.717, 1.165) is 34.8 Å². The van der Waals surface area contributed by atoms with Crippen molar-refractivity contribution in [3.63, 3.8) is 0 Å². The first-order chi connectivity index (χ1) is 11.5. The largest absolute Gasteiger partial charge is 0.459 e. The van der Waals surface area contributed by atoms with Crippen LogP contribution in [0, 0.1) is 0 Å². The van der Waals surface area contributed by atoms with Gasteiger partial charge >= 0.3 is 0 Å². The number of rotatable bonds is 6. The number of hydrogen-bond acceptors (Lipinski definition) is 3. The first-order valence-electron chi connectivity index (χ1n) is 8.13. The lowest BCUT2D eigenvalue weighted by atomic mass is 10.0. The van der Waals surface area contributed by atoms with E-state index in [9.17, 15) is 0 Å². The Morgan fingerprint density at radius 1 is 0.958 bits per heavy atom. The third-order valence-corrected chi connectivity index (χ3v) is 4.49. The molecular weight excluding hydrogens is 320 g/mol. The second kappa shape index (κ2) is 7.39. The highest BCUT2D eigenvalue weighted by Gasteiger charge is 2.23. The number of nitrogens with zero attached hydrogens (tertiary/aromatic N) is 2. The highest BCUT2D eigenvalue weighted by atomic mass is 35.5. The van der Waals surface area contributed by atoms with Crippen molar-refractivity contribution >= 4 is 22.6 Å². The maximum atomic E-state index is 6.15. The van der Waals surface area contributed by atoms with Gasteiger partial charge in [-0.2, -0.15) is 0 Å². The van der Waals surface area contributed by atoms with E-state index >= 15 is 0 Å². The van der Waals surface area contributed by atoms with Crippen LogP contribution in [0.15, 0.2) is 59.0 Å². The minimum Gasteiger partial charge on any atom is -0.459 e. The lowest BCUT2D eigenvalue weighted by molar-refractivity contribution is 0.225. The average Bonchev–Trinajstić information content (AvgIpc) is 2.98. The van der Waals surface area contributed by atoms with E-state index < -0.39 is 0 Å². The molecule has 1 atom stereocenters. The van der Waals surface area contributed by atoms with Gasteiger partial charge in [0.25, 0.3) is 0 Å². The van der Waals surface area contributed by atoms with Crippen LogP contribution >= 0.6 is 11.6 Å². The Labute approximate surface area is 148 Å². The zero-order valence-corrected chi connectivity index (χ0v) is 15.1. The Morgan fingerprint density at radius 3 is 2.33 bits per heavy atom. The van der Waals surface area contributed by atoms with Gasteiger partial charge in [-0.05, 0) is 51.0 Å². The van der Waals surface area contributed by atoms with Gasteiger partial charge in [0.15, 0.2) is 0 Å². The number of hydrogen-bond donors (Lipinski definition) is 0. The van der Waals surface area contributed by atoms with E-state index in [0.29, 0.717) is 0 Å². The van der Waals surface area contributed by atoms with Crippen molar-refractivity contribution in [2.75, 3.05) is 34.2 Å². The number of likely N-dealkylation sites (N-methyl/N-ethyl adjacent to an activating group) is 2. The molecule has 3 rings (SSSR count).